The van der Waals surface area contributed by atoms with E-state index in [2.05, 4.69) is 5.32 Å². The molecule has 1 aromatic carbocycles. The summed E-state index contributed by atoms with van der Waals surface area (Å²) >= 11 is 0. The smallest absolute Gasteiger partial charge is 0.303 e. The van der Waals surface area contributed by atoms with Crippen LogP contribution in [0.3, 0.4) is 0 Å². The number of carboxylic acid groups (broad SMARTS) is 1. The van der Waals surface area contributed by atoms with Gasteiger partial charge in [0, 0.05) is 12.0 Å². The van der Waals surface area contributed by atoms with Crippen molar-refractivity contribution in [3.8, 4) is 0 Å². The molecule has 1 amide bonds. The van der Waals surface area contributed by atoms with Crippen molar-refractivity contribution < 1.29 is 28.3 Å². The normalized spacial score (nSPS) is 10.0. The molecule has 7 heteroatoms. The van der Waals surface area contributed by atoms with Crippen LogP contribution in [0.2, 0.25) is 0 Å². The first kappa shape index (κ1) is 14.7. The number of nitrogens with one attached hydrogen (secondary N) is 1. The fraction of sp³-hybridized carbons (Fsp3) is 0.250. The van der Waals surface area contributed by atoms with E-state index in [1.165, 1.54) is 0 Å². The van der Waals surface area contributed by atoms with Crippen LogP contribution in [0.1, 0.15) is 23.2 Å². The van der Waals surface area contributed by atoms with Gasteiger partial charge >= 0.3 is 5.97 Å². The molecular weight excluding hydrogens is 260 g/mol. The number of benzene rings is 1. The van der Waals surface area contributed by atoms with Crippen molar-refractivity contribution in [2.45, 2.75) is 12.8 Å². The monoisotopic (exact) mass is 271 g/mol. The zero-order valence-corrected chi connectivity index (χ0v) is 9.78. The van der Waals surface area contributed by atoms with E-state index < -0.39 is 35.8 Å². The molecule has 2 N–H and O–H groups in total. The molecule has 1 aromatic rings. The lowest BCUT2D eigenvalue weighted by atomic mass is 10.1. The van der Waals surface area contributed by atoms with Crippen LogP contribution in [0.15, 0.2) is 18.2 Å². The highest BCUT2D eigenvalue weighted by Crippen LogP contribution is 2.08. The van der Waals surface area contributed by atoms with Crippen molar-refractivity contribution in [3.05, 3.63) is 35.4 Å². The van der Waals surface area contributed by atoms with Crippen LogP contribution in [-0.2, 0) is 9.59 Å². The summed E-state index contributed by atoms with van der Waals surface area (Å²) in [5.41, 5.74) is -0.0718. The number of carbonyl (C=O) groups excluding carboxylic acids is 2. The first-order valence-corrected chi connectivity index (χ1v) is 5.37. The van der Waals surface area contributed by atoms with Crippen LogP contribution in [-0.4, -0.2) is 29.3 Å². The zero-order valence-electron chi connectivity index (χ0n) is 9.78. The molecule has 5 nitrogen and oxygen atoms in total. The number of Topliss-reactive ketones (excluding diaryl/α,β-unsaturated/α-hetero) is 1. The zero-order chi connectivity index (χ0) is 14.4. The van der Waals surface area contributed by atoms with Crippen molar-refractivity contribution in [2.24, 2.45) is 0 Å². The van der Waals surface area contributed by atoms with E-state index in [0.29, 0.717) is 0 Å². The van der Waals surface area contributed by atoms with Crippen LogP contribution in [0.25, 0.3) is 0 Å². The molecule has 1 rings (SSSR count). The van der Waals surface area contributed by atoms with Crippen molar-refractivity contribution in [2.75, 3.05) is 6.54 Å². The average Bonchev–Trinajstić information content (AvgIpc) is 2.36. The third kappa shape index (κ3) is 4.82. The highest BCUT2D eigenvalue weighted by molar-refractivity contribution is 5.99. The van der Waals surface area contributed by atoms with Crippen molar-refractivity contribution in [3.63, 3.8) is 0 Å². The minimum atomic E-state index is -1.15. The molecule has 0 atom stereocenters. The maximum absolute atomic E-state index is 12.9. The molecular formula is C12H11F2NO4. The number of carbonyl (C=O) groups is 3. The number of carboxylic acids is 1. The fourth-order valence-corrected chi connectivity index (χ4v) is 1.26. The summed E-state index contributed by atoms with van der Waals surface area (Å²) in [6.07, 6.45) is -0.592. The maximum Gasteiger partial charge on any atom is 0.303 e. The lowest BCUT2D eigenvalue weighted by molar-refractivity contribution is -0.138. The SMILES string of the molecule is O=C(O)CCC(=O)NCC(=O)c1ccc(F)c(F)c1. The van der Waals surface area contributed by atoms with E-state index in [1.807, 2.05) is 0 Å². The Morgan fingerprint density at radius 3 is 2.37 bits per heavy atom. The largest absolute Gasteiger partial charge is 0.481 e. The van der Waals surface area contributed by atoms with Crippen molar-refractivity contribution in [1.82, 2.24) is 5.32 Å². The number of aliphatic carboxylic acids is 1. The van der Waals surface area contributed by atoms with Crippen LogP contribution in [0.4, 0.5) is 8.78 Å². The molecule has 0 saturated heterocycles. The third-order valence-corrected chi connectivity index (χ3v) is 2.25. The van der Waals surface area contributed by atoms with E-state index in [0.717, 1.165) is 18.2 Å². The summed E-state index contributed by atoms with van der Waals surface area (Å²) in [4.78, 5) is 32.9. The van der Waals surface area contributed by atoms with Gasteiger partial charge in [0.15, 0.2) is 17.4 Å². The number of halogens is 2. The van der Waals surface area contributed by atoms with Gasteiger partial charge in [0.2, 0.25) is 5.91 Å². The molecule has 0 radical (unpaired) electrons. The maximum atomic E-state index is 12.9. The van der Waals surface area contributed by atoms with Gasteiger partial charge in [-0.2, -0.15) is 0 Å². The molecule has 102 valence electrons. The van der Waals surface area contributed by atoms with Crippen molar-refractivity contribution >= 4 is 17.7 Å². The molecule has 0 bridgehead atoms. The predicted octanol–water partition coefficient (Wildman–Crippen LogP) is 1.13. The van der Waals surface area contributed by atoms with Gasteiger partial charge in [-0.1, -0.05) is 0 Å². The summed E-state index contributed by atoms with van der Waals surface area (Å²) < 4.78 is 25.5. The number of amides is 1. The van der Waals surface area contributed by atoms with Crippen LogP contribution in [0, 0.1) is 11.6 Å². The molecule has 0 unspecified atom stereocenters. The Kier molecular flexibility index (Phi) is 5.11. The molecule has 0 aliphatic rings. The number of hydrogen-bond donors (Lipinski definition) is 2. The molecule has 0 saturated carbocycles. The Labute approximate surface area is 107 Å². The molecule has 0 aliphatic carbocycles. The second kappa shape index (κ2) is 6.58. The standard InChI is InChI=1S/C12H11F2NO4/c13-8-2-1-7(5-9(8)14)10(16)6-15-11(17)3-4-12(18)19/h1-2,5H,3-4,6H2,(H,15,17)(H,18,19). The third-order valence-electron chi connectivity index (χ3n) is 2.25. The van der Waals surface area contributed by atoms with Crippen LogP contribution < -0.4 is 5.32 Å². The Morgan fingerprint density at radius 2 is 1.79 bits per heavy atom. The minimum Gasteiger partial charge on any atom is -0.481 e. The van der Waals surface area contributed by atoms with Gasteiger partial charge in [-0.3, -0.25) is 14.4 Å². The number of ketones is 1. The van der Waals surface area contributed by atoms with Crippen LogP contribution in [0.5, 0.6) is 0 Å². The molecule has 0 aliphatic heterocycles. The summed E-state index contributed by atoms with van der Waals surface area (Å²) in [6, 6.07) is 2.65. The van der Waals surface area contributed by atoms with E-state index in [4.69, 9.17) is 5.11 Å². The molecule has 0 spiro atoms. The van der Waals surface area contributed by atoms with Crippen molar-refractivity contribution in [1.29, 1.82) is 0 Å². The Morgan fingerprint density at radius 1 is 1.11 bits per heavy atom. The fourth-order valence-electron chi connectivity index (χ4n) is 1.26. The molecule has 0 heterocycles. The van der Waals surface area contributed by atoms with Gasteiger partial charge < -0.3 is 10.4 Å². The predicted molar refractivity (Wildman–Crippen MR) is 60.6 cm³/mol. The Hall–Kier alpha value is -2.31. The summed E-state index contributed by atoms with van der Waals surface area (Å²) in [6.45, 7) is -0.399. The molecule has 0 fully saturated rings. The highest BCUT2D eigenvalue weighted by Gasteiger charge is 2.11. The van der Waals surface area contributed by atoms with Gasteiger partial charge in [-0.25, -0.2) is 8.78 Å². The second-order valence-electron chi connectivity index (χ2n) is 3.72. The first-order valence-electron chi connectivity index (χ1n) is 5.37. The van der Waals surface area contributed by atoms with Gasteiger partial charge in [-0.05, 0) is 18.2 Å². The quantitative estimate of drug-likeness (QED) is 0.760. The van der Waals surface area contributed by atoms with E-state index in [-0.39, 0.29) is 18.4 Å². The summed E-state index contributed by atoms with van der Waals surface area (Å²) in [5.74, 6) is -4.53. The summed E-state index contributed by atoms with van der Waals surface area (Å²) in [5, 5.41) is 10.6. The van der Waals surface area contributed by atoms with E-state index in [9.17, 15) is 23.2 Å². The van der Waals surface area contributed by atoms with E-state index >= 15 is 0 Å². The van der Waals surface area contributed by atoms with Gasteiger partial charge in [0.25, 0.3) is 0 Å². The highest BCUT2D eigenvalue weighted by atomic mass is 19.2. The average molecular weight is 271 g/mol. The van der Waals surface area contributed by atoms with E-state index in [1.54, 1.807) is 0 Å². The molecule has 19 heavy (non-hydrogen) atoms. The lowest BCUT2D eigenvalue weighted by Crippen LogP contribution is -2.29. The minimum absolute atomic E-state index is 0.0718. The van der Waals surface area contributed by atoms with Gasteiger partial charge in [0.1, 0.15) is 0 Å². The second-order valence-corrected chi connectivity index (χ2v) is 3.72. The topological polar surface area (TPSA) is 83.5 Å². The first-order chi connectivity index (χ1) is 8.90. The van der Waals surface area contributed by atoms with Crippen LogP contribution >= 0.6 is 0 Å². The number of hydrogen-bond acceptors (Lipinski definition) is 3. The Balaban J connectivity index is 2.49. The summed E-state index contributed by atoms with van der Waals surface area (Å²) in [7, 11) is 0. The molecule has 0 aromatic heterocycles. The number of rotatable bonds is 6. The van der Waals surface area contributed by atoms with Gasteiger partial charge in [-0.15, -0.1) is 0 Å². The Bertz CT molecular complexity index is 516. The van der Waals surface area contributed by atoms with Gasteiger partial charge in [0.05, 0.1) is 13.0 Å². The lowest BCUT2D eigenvalue weighted by Gasteiger charge is -2.04.